The zero-order valence-electron chi connectivity index (χ0n) is 14.2. The van der Waals surface area contributed by atoms with Gasteiger partial charge >= 0.3 is 0 Å². The van der Waals surface area contributed by atoms with Crippen molar-refractivity contribution in [2.75, 3.05) is 5.32 Å². The molecule has 0 fully saturated rings. The van der Waals surface area contributed by atoms with Crippen LogP contribution in [0.4, 0.5) is 5.95 Å². The molecule has 0 aliphatic heterocycles. The van der Waals surface area contributed by atoms with Crippen molar-refractivity contribution >= 4 is 46.9 Å². The minimum Gasteiger partial charge on any atom is -0.457 e. The molecule has 2 heterocycles. The topological polar surface area (TPSA) is 97.9 Å². The van der Waals surface area contributed by atoms with E-state index in [1.165, 1.54) is 10.9 Å². The third kappa shape index (κ3) is 5.22. The molecule has 3 aromatic rings. The van der Waals surface area contributed by atoms with Crippen molar-refractivity contribution in [3.05, 3.63) is 53.3 Å². The second-order valence-corrected chi connectivity index (χ2v) is 6.13. The summed E-state index contributed by atoms with van der Waals surface area (Å²) in [4.78, 5) is 13.3. The number of nitrogens with one attached hydrogen (secondary N) is 2. The summed E-state index contributed by atoms with van der Waals surface area (Å²) in [7, 11) is 0. The van der Waals surface area contributed by atoms with Gasteiger partial charge in [0.1, 0.15) is 11.5 Å². The number of carbonyl (C=O) groups is 1. The number of hydrogen-bond acceptors (Lipinski definition) is 6. The number of benzene rings is 1. The first-order valence-electron chi connectivity index (χ1n) is 7.97. The predicted octanol–water partition coefficient (Wildman–Crippen LogP) is 3.13. The van der Waals surface area contributed by atoms with E-state index in [1.54, 1.807) is 24.3 Å². The summed E-state index contributed by atoms with van der Waals surface area (Å²) in [5, 5.41) is 17.4. The molecule has 0 saturated carbocycles. The van der Waals surface area contributed by atoms with E-state index in [-0.39, 0.29) is 11.1 Å². The third-order valence-corrected chi connectivity index (χ3v) is 3.81. The van der Waals surface area contributed by atoms with Gasteiger partial charge in [0.25, 0.3) is 5.95 Å². The van der Waals surface area contributed by atoms with Gasteiger partial charge in [0, 0.05) is 16.7 Å². The number of carbonyl (C=O) groups excluding carboxylic acids is 1. The van der Waals surface area contributed by atoms with Gasteiger partial charge in [0.15, 0.2) is 5.11 Å². The largest absolute Gasteiger partial charge is 0.457 e. The van der Waals surface area contributed by atoms with Crippen molar-refractivity contribution in [1.82, 2.24) is 25.5 Å². The highest BCUT2D eigenvalue weighted by Gasteiger charge is 2.07. The van der Waals surface area contributed by atoms with Crippen molar-refractivity contribution in [2.24, 2.45) is 0 Å². The summed E-state index contributed by atoms with van der Waals surface area (Å²) in [5.74, 6) is 1.00. The lowest BCUT2D eigenvalue weighted by molar-refractivity contribution is -0.115. The fourth-order valence-electron chi connectivity index (χ4n) is 2.08. The Bertz CT molecular complexity index is 979. The first-order chi connectivity index (χ1) is 13.0. The molecule has 0 bridgehead atoms. The van der Waals surface area contributed by atoms with Gasteiger partial charge in [-0.3, -0.25) is 15.4 Å². The highest BCUT2D eigenvalue weighted by atomic mass is 35.5. The van der Waals surface area contributed by atoms with Gasteiger partial charge in [0.2, 0.25) is 5.91 Å². The highest BCUT2D eigenvalue weighted by Crippen LogP contribution is 2.24. The van der Waals surface area contributed by atoms with Crippen molar-refractivity contribution in [1.29, 1.82) is 0 Å². The monoisotopic (exact) mass is 402 g/mol. The average Bonchev–Trinajstić information content (AvgIpc) is 3.30. The molecule has 10 heteroatoms. The molecule has 8 nitrogen and oxygen atoms in total. The summed E-state index contributed by atoms with van der Waals surface area (Å²) in [5.41, 5.74) is 0.890. The van der Waals surface area contributed by atoms with Gasteiger partial charge in [-0.1, -0.05) is 16.7 Å². The van der Waals surface area contributed by atoms with Crippen molar-refractivity contribution in [3.8, 4) is 11.3 Å². The van der Waals surface area contributed by atoms with Gasteiger partial charge in [-0.05, 0) is 66.8 Å². The number of amides is 1. The summed E-state index contributed by atoms with van der Waals surface area (Å²) in [6.45, 7) is 2.46. The zero-order chi connectivity index (χ0) is 19.2. The molecule has 1 amide bonds. The summed E-state index contributed by atoms with van der Waals surface area (Å²) in [6, 6.07) is 10.9. The lowest BCUT2D eigenvalue weighted by atomic mass is 10.2. The standard InChI is InChI=1S/C17H15ClN6O2S/c1-2-24-22-16(21-23-24)20-17(27)19-15(25)10-8-13-7-9-14(26-13)11-3-5-12(18)6-4-11/h3-10H,2H2,1H3,(H2,19,20,22,25,27). The van der Waals surface area contributed by atoms with E-state index in [0.29, 0.717) is 23.1 Å². The van der Waals surface area contributed by atoms with E-state index in [2.05, 4.69) is 26.0 Å². The summed E-state index contributed by atoms with van der Waals surface area (Å²) < 4.78 is 5.69. The minimum atomic E-state index is -0.417. The molecular weight excluding hydrogens is 388 g/mol. The molecule has 3 rings (SSSR count). The SMILES string of the molecule is CCn1nnc(NC(=S)NC(=O)C=Cc2ccc(-c3ccc(Cl)cc3)o2)n1. The molecular formula is C17H15ClN6O2S. The molecule has 2 aromatic heterocycles. The maximum Gasteiger partial charge on any atom is 0.269 e. The molecule has 27 heavy (non-hydrogen) atoms. The van der Waals surface area contributed by atoms with Crippen LogP contribution in [0.15, 0.2) is 46.9 Å². The first-order valence-corrected chi connectivity index (χ1v) is 8.75. The first kappa shape index (κ1) is 18.7. The number of nitrogens with zero attached hydrogens (tertiary/aromatic N) is 4. The van der Waals surface area contributed by atoms with E-state index in [0.717, 1.165) is 5.56 Å². The second kappa shape index (κ2) is 8.56. The van der Waals surface area contributed by atoms with Gasteiger partial charge in [0.05, 0.1) is 6.54 Å². The quantitative estimate of drug-likeness (QED) is 0.499. The Kier molecular flexibility index (Phi) is 5.94. The van der Waals surface area contributed by atoms with Crippen LogP contribution in [0.5, 0.6) is 0 Å². The molecule has 138 valence electrons. The third-order valence-electron chi connectivity index (χ3n) is 3.35. The zero-order valence-corrected chi connectivity index (χ0v) is 15.8. The Morgan fingerprint density at radius 3 is 2.78 bits per heavy atom. The number of halogens is 1. The van der Waals surface area contributed by atoms with Crippen LogP contribution in [-0.2, 0) is 11.3 Å². The number of hydrogen-bond donors (Lipinski definition) is 2. The summed E-state index contributed by atoms with van der Waals surface area (Å²) >= 11 is 10.9. The minimum absolute atomic E-state index is 0.0709. The lowest BCUT2D eigenvalue weighted by Crippen LogP contribution is -2.33. The van der Waals surface area contributed by atoms with Crippen molar-refractivity contribution < 1.29 is 9.21 Å². The molecule has 1 aromatic carbocycles. The highest BCUT2D eigenvalue weighted by molar-refractivity contribution is 7.80. The van der Waals surface area contributed by atoms with Crippen molar-refractivity contribution in [3.63, 3.8) is 0 Å². The summed E-state index contributed by atoms with van der Waals surface area (Å²) in [6.07, 6.45) is 2.86. The van der Waals surface area contributed by atoms with Crippen LogP contribution >= 0.6 is 23.8 Å². The molecule has 0 unspecified atom stereocenters. The van der Waals surface area contributed by atoms with Crippen LogP contribution in [0, 0.1) is 0 Å². The second-order valence-electron chi connectivity index (χ2n) is 5.29. The van der Waals surface area contributed by atoms with E-state index in [1.807, 2.05) is 25.1 Å². The van der Waals surface area contributed by atoms with Gasteiger partial charge in [-0.15, -0.1) is 5.10 Å². The number of tetrazole rings is 1. The van der Waals surface area contributed by atoms with Crippen LogP contribution < -0.4 is 10.6 Å². The van der Waals surface area contributed by atoms with E-state index < -0.39 is 5.91 Å². The number of furan rings is 1. The molecule has 0 saturated heterocycles. The van der Waals surface area contributed by atoms with Crippen LogP contribution in [0.3, 0.4) is 0 Å². The Morgan fingerprint density at radius 1 is 1.30 bits per heavy atom. The predicted molar refractivity (Wildman–Crippen MR) is 106 cm³/mol. The lowest BCUT2D eigenvalue weighted by Gasteiger charge is -2.03. The van der Waals surface area contributed by atoms with Gasteiger partial charge in [-0.25, -0.2) is 0 Å². The number of aromatic nitrogens is 4. The van der Waals surface area contributed by atoms with Gasteiger partial charge in [-0.2, -0.15) is 4.80 Å². The van der Waals surface area contributed by atoms with Crippen LogP contribution in [0.2, 0.25) is 5.02 Å². The smallest absolute Gasteiger partial charge is 0.269 e. The van der Waals surface area contributed by atoms with Crippen LogP contribution in [0.1, 0.15) is 12.7 Å². The van der Waals surface area contributed by atoms with Crippen LogP contribution in [-0.4, -0.2) is 31.2 Å². The Hall–Kier alpha value is -3.04. The number of anilines is 1. The number of thiocarbonyl (C=S) groups is 1. The fraction of sp³-hybridized carbons (Fsp3) is 0.118. The normalized spacial score (nSPS) is 10.9. The van der Waals surface area contributed by atoms with E-state index >= 15 is 0 Å². The molecule has 2 N–H and O–H groups in total. The van der Waals surface area contributed by atoms with E-state index in [4.69, 9.17) is 28.2 Å². The number of rotatable bonds is 5. The van der Waals surface area contributed by atoms with Crippen molar-refractivity contribution in [2.45, 2.75) is 13.5 Å². The molecule has 0 atom stereocenters. The van der Waals surface area contributed by atoms with Gasteiger partial charge < -0.3 is 4.42 Å². The molecule has 0 aliphatic carbocycles. The maximum absolute atomic E-state index is 11.9. The average molecular weight is 403 g/mol. The number of aryl methyl sites for hydroxylation is 1. The fourth-order valence-corrected chi connectivity index (χ4v) is 2.40. The van der Waals surface area contributed by atoms with E-state index in [9.17, 15) is 4.79 Å². The Labute approximate surface area is 165 Å². The Morgan fingerprint density at radius 2 is 2.07 bits per heavy atom. The molecule has 0 radical (unpaired) electrons. The Balaban J connectivity index is 1.55. The molecule has 0 aliphatic rings. The maximum atomic E-state index is 11.9. The molecule has 0 spiro atoms. The van der Waals surface area contributed by atoms with Crippen LogP contribution in [0.25, 0.3) is 17.4 Å².